The molecule has 0 saturated heterocycles. The molecule has 0 saturated carbocycles. The molecule has 0 fully saturated rings. The zero-order valence-electron chi connectivity index (χ0n) is 10.3. The molecular formula is C11H14N2O4S. The zero-order valence-corrected chi connectivity index (χ0v) is 11.1. The smallest absolute Gasteiger partial charge is 0.418 e. The van der Waals surface area contributed by atoms with Crippen LogP contribution in [0.3, 0.4) is 0 Å². The number of nitrogens with one attached hydrogen (secondary N) is 1. The van der Waals surface area contributed by atoms with Crippen LogP contribution in [0.4, 0.5) is 10.5 Å². The molecule has 0 atom stereocenters. The van der Waals surface area contributed by atoms with E-state index in [0.29, 0.717) is 4.90 Å². The van der Waals surface area contributed by atoms with Crippen molar-refractivity contribution < 1.29 is 14.5 Å². The number of para-hydroxylation sites is 1. The maximum atomic E-state index is 11.4. The standard InChI is InChI=1S/C11H14N2O4S/c1-11(2,3)17-10(14)12-18-9-7-5-4-6-8(9)13(15)16/h4-7H,1-3H3,(H,12,14). The first-order valence-electron chi connectivity index (χ1n) is 5.19. The molecule has 1 aromatic rings. The highest BCUT2D eigenvalue weighted by atomic mass is 32.2. The number of nitro groups is 1. The molecule has 7 heteroatoms. The van der Waals surface area contributed by atoms with E-state index in [2.05, 4.69) is 4.72 Å². The number of nitro benzene ring substituents is 1. The van der Waals surface area contributed by atoms with E-state index in [1.165, 1.54) is 6.07 Å². The van der Waals surface area contributed by atoms with Crippen molar-refractivity contribution in [2.45, 2.75) is 31.3 Å². The third kappa shape index (κ3) is 4.62. The van der Waals surface area contributed by atoms with Crippen molar-refractivity contribution in [2.75, 3.05) is 0 Å². The Hall–Kier alpha value is -1.76. The van der Waals surface area contributed by atoms with Gasteiger partial charge in [0.1, 0.15) is 10.5 Å². The lowest BCUT2D eigenvalue weighted by Gasteiger charge is -2.19. The van der Waals surface area contributed by atoms with Crippen molar-refractivity contribution in [1.82, 2.24) is 4.72 Å². The molecule has 6 nitrogen and oxygen atoms in total. The van der Waals surface area contributed by atoms with Gasteiger partial charge in [0.25, 0.3) is 5.69 Å². The van der Waals surface area contributed by atoms with E-state index in [1.807, 2.05) is 0 Å². The van der Waals surface area contributed by atoms with Gasteiger partial charge in [0, 0.05) is 6.07 Å². The Bertz CT molecular complexity index is 457. The highest BCUT2D eigenvalue weighted by Crippen LogP contribution is 2.26. The topological polar surface area (TPSA) is 81.5 Å². The molecular weight excluding hydrogens is 256 g/mol. The summed E-state index contributed by atoms with van der Waals surface area (Å²) >= 11 is 0.858. The van der Waals surface area contributed by atoms with Crippen LogP contribution in [0.1, 0.15) is 20.8 Å². The maximum absolute atomic E-state index is 11.4. The van der Waals surface area contributed by atoms with Crippen molar-refractivity contribution in [3.05, 3.63) is 34.4 Å². The van der Waals surface area contributed by atoms with Gasteiger partial charge in [0.2, 0.25) is 0 Å². The second-order valence-electron chi connectivity index (χ2n) is 4.43. The molecule has 0 spiro atoms. The van der Waals surface area contributed by atoms with Gasteiger partial charge in [0.15, 0.2) is 0 Å². The number of carbonyl (C=O) groups is 1. The fraction of sp³-hybridized carbons (Fsp3) is 0.364. The van der Waals surface area contributed by atoms with E-state index in [4.69, 9.17) is 4.74 Å². The molecule has 98 valence electrons. The van der Waals surface area contributed by atoms with E-state index in [-0.39, 0.29) is 5.69 Å². The number of carbonyl (C=O) groups excluding carboxylic acids is 1. The first-order chi connectivity index (χ1) is 8.29. The van der Waals surface area contributed by atoms with Gasteiger partial charge in [0.05, 0.1) is 4.92 Å². The Labute approximate surface area is 109 Å². The third-order valence-corrected chi connectivity index (χ3v) is 2.54. The number of benzene rings is 1. The molecule has 1 rings (SSSR count). The van der Waals surface area contributed by atoms with Gasteiger partial charge < -0.3 is 4.74 Å². The van der Waals surface area contributed by atoms with Crippen LogP contribution in [-0.2, 0) is 4.74 Å². The molecule has 1 aromatic carbocycles. The summed E-state index contributed by atoms with van der Waals surface area (Å²) in [7, 11) is 0. The van der Waals surface area contributed by atoms with Crippen LogP contribution < -0.4 is 4.72 Å². The summed E-state index contributed by atoms with van der Waals surface area (Å²) in [6, 6.07) is 6.15. The minimum absolute atomic E-state index is 0.0569. The van der Waals surface area contributed by atoms with Crippen molar-refractivity contribution in [3.63, 3.8) is 0 Å². The van der Waals surface area contributed by atoms with Gasteiger partial charge in [-0.25, -0.2) is 4.79 Å². The zero-order chi connectivity index (χ0) is 13.8. The molecule has 1 N–H and O–H groups in total. The van der Waals surface area contributed by atoms with Crippen molar-refractivity contribution in [1.29, 1.82) is 0 Å². The Morgan fingerprint density at radius 3 is 2.56 bits per heavy atom. The second-order valence-corrected chi connectivity index (χ2v) is 5.28. The van der Waals surface area contributed by atoms with Gasteiger partial charge in [-0.1, -0.05) is 12.1 Å². The molecule has 0 aliphatic heterocycles. The van der Waals surface area contributed by atoms with Crippen LogP contribution in [0, 0.1) is 10.1 Å². The predicted molar refractivity (Wildman–Crippen MR) is 68.3 cm³/mol. The number of amides is 1. The maximum Gasteiger partial charge on any atom is 0.418 e. The predicted octanol–water partition coefficient (Wildman–Crippen LogP) is 3.13. The third-order valence-electron chi connectivity index (χ3n) is 1.71. The van der Waals surface area contributed by atoms with E-state index in [9.17, 15) is 14.9 Å². The Morgan fingerprint density at radius 2 is 2.00 bits per heavy atom. The van der Waals surface area contributed by atoms with E-state index < -0.39 is 16.6 Å². The monoisotopic (exact) mass is 270 g/mol. The van der Waals surface area contributed by atoms with Gasteiger partial charge in [-0.2, -0.15) is 0 Å². The minimum Gasteiger partial charge on any atom is -0.443 e. The first-order valence-corrected chi connectivity index (χ1v) is 6.00. The van der Waals surface area contributed by atoms with E-state index in [1.54, 1.807) is 39.0 Å². The lowest BCUT2D eigenvalue weighted by atomic mass is 10.2. The highest BCUT2D eigenvalue weighted by Gasteiger charge is 2.18. The van der Waals surface area contributed by atoms with Gasteiger partial charge >= 0.3 is 6.09 Å². The Morgan fingerprint density at radius 1 is 1.39 bits per heavy atom. The summed E-state index contributed by atoms with van der Waals surface area (Å²) in [4.78, 5) is 22.0. The summed E-state index contributed by atoms with van der Waals surface area (Å²) in [5.74, 6) is 0. The highest BCUT2D eigenvalue weighted by molar-refractivity contribution is 7.98. The fourth-order valence-corrected chi connectivity index (χ4v) is 1.72. The summed E-state index contributed by atoms with van der Waals surface area (Å²) in [5, 5.41) is 10.7. The number of rotatable bonds is 3. The quantitative estimate of drug-likeness (QED) is 0.518. The molecule has 0 heterocycles. The van der Waals surface area contributed by atoms with E-state index >= 15 is 0 Å². The summed E-state index contributed by atoms with van der Waals surface area (Å²) in [5.41, 5.74) is -0.661. The molecule has 18 heavy (non-hydrogen) atoms. The fourth-order valence-electron chi connectivity index (χ4n) is 1.09. The number of hydrogen-bond donors (Lipinski definition) is 1. The van der Waals surface area contributed by atoms with Crippen molar-refractivity contribution in [3.8, 4) is 0 Å². The van der Waals surface area contributed by atoms with Gasteiger partial charge in [-0.3, -0.25) is 14.8 Å². The number of hydrogen-bond acceptors (Lipinski definition) is 5. The SMILES string of the molecule is CC(C)(C)OC(=O)NSc1ccccc1[N+](=O)[O-]. The number of ether oxygens (including phenoxy) is 1. The molecule has 0 bridgehead atoms. The minimum atomic E-state index is -0.634. The lowest BCUT2D eigenvalue weighted by Crippen LogP contribution is -2.29. The first kappa shape index (κ1) is 14.3. The van der Waals surface area contributed by atoms with Crippen LogP contribution in [0.5, 0.6) is 0 Å². The Kier molecular flexibility index (Phi) is 4.55. The summed E-state index contributed by atoms with van der Waals surface area (Å²) in [6.07, 6.45) is -0.634. The second kappa shape index (κ2) is 5.72. The van der Waals surface area contributed by atoms with Gasteiger partial charge in [-0.05, 0) is 38.8 Å². The molecule has 0 radical (unpaired) electrons. The average Bonchev–Trinajstić information content (AvgIpc) is 2.24. The molecule has 0 unspecified atom stereocenters. The van der Waals surface area contributed by atoms with Crippen LogP contribution in [0.2, 0.25) is 0 Å². The molecule has 0 aliphatic carbocycles. The van der Waals surface area contributed by atoms with Crippen molar-refractivity contribution >= 4 is 23.7 Å². The van der Waals surface area contributed by atoms with Crippen LogP contribution in [0.15, 0.2) is 29.2 Å². The normalized spacial score (nSPS) is 10.8. The summed E-state index contributed by atoms with van der Waals surface area (Å²) in [6.45, 7) is 5.21. The van der Waals surface area contributed by atoms with Crippen LogP contribution in [0.25, 0.3) is 0 Å². The molecule has 1 amide bonds. The van der Waals surface area contributed by atoms with Crippen LogP contribution >= 0.6 is 11.9 Å². The number of nitrogens with zero attached hydrogens (tertiary/aromatic N) is 1. The molecule has 0 aromatic heterocycles. The van der Waals surface area contributed by atoms with E-state index in [0.717, 1.165) is 11.9 Å². The summed E-state index contributed by atoms with van der Waals surface area (Å²) < 4.78 is 7.42. The average molecular weight is 270 g/mol. The Balaban J connectivity index is 2.64. The largest absolute Gasteiger partial charge is 0.443 e. The lowest BCUT2D eigenvalue weighted by molar-refractivity contribution is -0.387. The van der Waals surface area contributed by atoms with Crippen LogP contribution in [-0.4, -0.2) is 16.6 Å². The molecule has 0 aliphatic rings. The van der Waals surface area contributed by atoms with Gasteiger partial charge in [-0.15, -0.1) is 0 Å². The van der Waals surface area contributed by atoms with Crippen molar-refractivity contribution in [2.24, 2.45) is 0 Å².